The van der Waals surface area contributed by atoms with Crippen molar-refractivity contribution in [3.05, 3.63) is 87.6 Å². The highest BCUT2D eigenvalue weighted by atomic mass is 35.5. The highest BCUT2D eigenvalue weighted by molar-refractivity contribution is 7.13. The number of hydrogen-bond acceptors (Lipinski definition) is 5. The molecule has 4 aromatic heterocycles. The lowest BCUT2D eigenvalue weighted by molar-refractivity contribution is -0.142. The SMILES string of the molecule is Cc1cc(NC(=O)c2nn3c(C(F)(F)F)cc(-c4cccs4)nc3c2Cl)nn1Cc1ccccc1. The van der Waals surface area contributed by atoms with E-state index >= 15 is 0 Å². The Morgan fingerprint density at radius 2 is 1.89 bits per heavy atom. The Morgan fingerprint density at radius 1 is 1.11 bits per heavy atom. The molecule has 0 aliphatic carbocycles. The van der Waals surface area contributed by atoms with Gasteiger partial charge < -0.3 is 5.32 Å². The molecule has 0 radical (unpaired) electrons. The van der Waals surface area contributed by atoms with Crippen LogP contribution in [0.4, 0.5) is 19.0 Å². The van der Waals surface area contributed by atoms with Crippen LogP contribution < -0.4 is 5.32 Å². The second-order valence-corrected chi connectivity index (χ2v) is 8.99. The third-order valence-electron chi connectivity index (χ3n) is 5.21. The normalized spacial score (nSPS) is 11.8. The van der Waals surface area contributed by atoms with Crippen molar-refractivity contribution in [2.24, 2.45) is 0 Å². The Labute approximate surface area is 205 Å². The van der Waals surface area contributed by atoms with Crippen molar-refractivity contribution in [1.82, 2.24) is 24.4 Å². The molecule has 5 rings (SSSR count). The van der Waals surface area contributed by atoms with Gasteiger partial charge in [0.1, 0.15) is 5.02 Å². The number of aromatic nitrogens is 5. The number of nitrogens with zero attached hydrogens (tertiary/aromatic N) is 5. The van der Waals surface area contributed by atoms with E-state index in [1.807, 2.05) is 37.3 Å². The lowest BCUT2D eigenvalue weighted by Crippen LogP contribution is -2.16. The fraction of sp³-hybridized carbons (Fsp3) is 0.130. The minimum atomic E-state index is -4.75. The summed E-state index contributed by atoms with van der Waals surface area (Å²) in [5.74, 6) is -0.574. The maximum Gasteiger partial charge on any atom is 0.433 e. The maximum atomic E-state index is 13.8. The van der Waals surface area contributed by atoms with Gasteiger partial charge in [-0.15, -0.1) is 11.3 Å². The first-order valence-electron chi connectivity index (χ1n) is 10.3. The van der Waals surface area contributed by atoms with Crippen LogP contribution in [0.15, 0.2) is 60.0 Å². The molecule has 0 unspecified atom stereocenters. The zero-order valence-corrected chi connectivity index (χ0v) is 19.6. The number of alkyl halides is 3. The summed E-state index contributed by atoms with van der Waals surface area (Å²) in [6.07, 6.45) is -4.75. The van der Waals surface area contributed by atoms with Gasteiger partial charge in [0.05, 0.1) is 17.1 Å². The first-order chi connectivity index (χ1) is 16.7. The number of hydrogen-bond donors (Lipinski definition) is 1. The van der Waals surface area contributed by atoms with Crippen LogP contribution in [0, 0.1) is 6.92 Å². The molecule has 0 saturated carbocycles. The molecular weight excluding hydrogens is 501 g/mol. The zero-order chi connectivity index (χ0) is 24.7. The topological polar surface area (TPSA) is 77.1 Å². The van der Waals surface area contributed by atoms with Gasteiger partial charge >= 0.3 is 6.18 Å². The van der Waals surface area contributed by atoms with E-state index in [0.29, 0.717) is 15.9 Å². The Bertz CT molecular complexity index is 1530. The van der Waals surface area contributed by atoms with Gasteiger partial charge in [-0.2, -0.15) is 23.4 Å². The van der Waals surface area contributed by atoms with E-state index in [4.69, 9.17) is 11.6 Å². The third-order valence-corrected chi connectivity index (χ3v) is 6.45. The van der Waals surface area contributed by atoms with E-state index in [-0.39, 0.29) is 27.9 Å². The quantitative estimate of drug-likeness (QED) is 0.314. The number of carbonyl (C=O) groups excluding carboxylic acids is 1. The zero-order valence-electron chi connectivity index (χ0n) is 18.0. The van der Waals surface area contributed by atoms with Gasteiger partial charge in [-0.25, -0.2) is 9.50 Å². The van der Waals surface area contributed by atoms with Crippen molar-refractivity contribution in [3.63, 3.8) is 0 Å². The van der Waals surface area contributed by atoms with Gasteiger partial charge in [-0.05, 0) is 30.0 Å². The van der Waals surface area contributed by atoms with Gasteiger partial charge in [0, 0.05) is 11.8 Å². The summed E-state index contributed by atoms with van der Waals surface area (Å²) in [5, 5.41) is 12.2. The molecule has 12 heteroatoms. The van der Waals surface area contributed by atoms with E-state index in [0.717, 1.165) is 17.3 Å². The Balaban J connectivity index is 1.49. The van der Waals surface area contributed by atoms with E-state index in [9.17, 15) is 18.0 Å². The molecule has 0 atom stereocenters. The summed E-state index contributed by atoms with van der Waals surface area (Å²) in [7, 11) is 0. The van der Waals surface area contributed by atoms with E-state index < -0.39 is 17.8 Å². The number of nitrogens with one attached hydrogen (secondary N) is 1. The number of aryl methyl sites for hydroxylation is 1. The molecule has 0 aliphatic heterocycles. The molecule has 35 heavy (non-hydrogen) atoms. The number of anilines is 1. The molecule has 4 heterocycles. The molecule has 0 aliphatic rings. The first kappa shape index (κ1) is 23.1. The molecule has 5 aromatic rings. The van der Waals surface area contributed by atoms with Crippen LogP contribution in [0.3, 0.4) is 0 Å². The van der Waals surface area contributed by atoms with Crippen LogP contribution in [0.2, 0.25) is 5.02 Å². The highest BCUT2D eigenvalue weighted by Gasteiger charge is 2.37. The van der Waals surface area contributed by atoms with Crippen molar-refractivity contribution in [3.8, 4) is 10.6 Å². The largest absolute Gasteiger partial charge is 0.433 e. The van der Waals surface area contributed by atoms with Gasteiger partial charge in [-0.3, -0.25) is 9.48 Å². The number of amides is 1. The van der Waals surface area contributed by atoms with Crippen LogP contribution in [-0.2, 0) is 12.7 Å². The molecular formula is C23H16ClF3N6OS. The van der Waals surface area contributed by atoms with Crippen molar-refractivity contribution < 1.29 is 18.0 Å². The number of halogens is 4. The Kier molecular flexibility index (Phi) is 5.81. The molecule has 0 bridgehead atoms. The van der Waals surface area contributed by atoms with Crippen molar-refractivity contribution in [2.75, 3.05) is 5.32 Å². The summed E-state index contributed by atoms with van der Waals surface area (Å²) in [6.45, 7) is 2.32. The molecule has 1 amide bonds. The average molecular weight is 517 g/mol. The predicted molar refractivity (Wildman–Crippen MR) is 127 cm³/mol. The van der Waals surface area contributed by atoms with Gasteiger partial charge in [-0.1, -0.05) is 48.0 Å². The molecule has 1 aromatic carbocycles. The third kappa shape index (κ3) is 4.52. The number of carbonyl (C=O) groups is 1. The summed E-state index contributed by atoms with van der Waals surface area (Å²) in [4.78, 5) is 17.7. The molecule has 0 spiro atoms. The maximum absolute atomic E-state index is 13.8. The first-order valence-corrected chi connectivity index (χ1v) is 11.6. The minimum absolute atomic E-state index is 0.0869. The summed E-state index contributed by atoms with van der Waals surface area (Å²) in [6, 6.07) is 15.5. The molecule has 0 fully saturated rings. The Hall–Kier alpha value is -3.70. The van der Waals surface area contributed by atoms with Crippen molar-refractivity contribution in [2.45, 2.75) is 19.6 Å². The molecule has 178 valence electrons. The van der Waals surface area contributed by atoms with Gasteiger partial charge in [0.25, 0.3) is 5.91 Å². The fourth-order valence-electron chi connectivity index (χ4n) is 3.55. The van der Waals surface area contributed by atoms with Crippen molar-refractivity contribution >= 4 is 40.3 Å². The molecule has 0 saturated heterocycles. The fourth-order valence-corrected chi connectivity index (χ4v) is 4.48. The molecule has 1 N–H and O–H groups in total. The smallest absolute Gasteiger partial charge is 0.304 e. The standard InChI is InChI=1S/C23H16ClF3N6OS/c1-13-10-18(30-32(13)12-14-6-3-2-4-7-14)29-22(34)20-19(24)21-28-15(16-8-5-9-35-16)11-17(23(25,26)27)33(21)31-20/h2-11H,12H2,1H3,(H,29,30,34). The second-order valence-electron chi connectivity index (χ2n) is 7.67. The van der Waals surface area contributed by atoms with Crippen LogP contribution in [-0.4, -0.2) is 30.3 Å². The lowest BCUT2D eigenvalue weighted by Gasteiger charge is -2.10. The predicted octanol–water partition coefficient (Wildman–Crippen LogP) is 5.94. The van der Waals surface area contributed by atoms with Crippen LogP contribution in [0.1, 0.15) is 27.4 Å². The summed E-state index contributed by atoms with van der Waals surface area (Å²) < 4.78 is 43.7. The second kappa shape index (κ2) is 8.82. The van der Waals surface area contributed by atoms with E-state index in [2.05, 4.69) is 20.5 Å². The highest BCUT2D eigenvalue weighted by Crippen LogP contribution is 2.35. The van der Waals surface area contributed by atoms with Crippen molar-refractivity contribution in [1.29, 1.82) is 0 Å². The van der Waals surface area contributed by atoms with Gasteiger partial charge in [0.15, 0.2) is 22.9 Å². The number of thiophene rings is 1. The van der Waals surface area contributed by atoms with Crippen LogP contribution >= 0.6 is 22.9 Å². The number of benzene rings is 1. The average Bonchev–Trinajstić information content (AvgIpc) is 3.54. The van der Waals surface area contributed by atoms with Gasteiger partial charge in [0.2, 0.25) is 0 Å². The minimum Gasteiger partial charge on any atom is -0.304 e. The Morgan fingerprint density at radius 3 is 2.57 bits per heavy atom. The monoisotopic (exact) mass is 516 g/mol. The number of rotatable bonds is 5. The number of fused-ring (bicyclic) bond motifs is 1. The van der Waals surface area contributed by atoms with Crippen LogP contribution in [0.25, 0.3) is 16.2 Å². The summed E-state index contributed by atoms with van der Waals surface area (Å²) >= 11 is 7.56. The lowest BCUT2D eigenvalue weighted by atomic mass is 10.2. The molecule has 7 nitrogen and oxygen atoms in total. The van der Waals surface area contributed by atoms with Crippen LogP contribution in [0.5, 0.6) is 0 Å². The summed E-state index contributed by atoms with van der Waals surface area (Å²) in [5.41, 5.74) is 0.155. The van der Waals surface area contributed by atoms with E-state index in [1.165, 1.54) is 11.3 Å². The van der Waals surface area contributed by atoms with E-state index in [1.54, 1.807) is 28.3 Å².